The van der Waals surface area contributed by atoms with Gasteiger partial charge in [0, 0.05) is 30.0 Å². The van der Waals surface area contributed by atoms with Crippen LogP contribution in [0.3, 0.4) is 0 Å². The molecule has 0 saturated heterocycles. The Labute approximate surface area is 126 Å². The Bertz CT molecular complexity index is 608. The number of rotatable bonds is 5. The Morgan fingerprint density at radius 1 is 1.10 bits per heavy atom. The number of anilines is 2. The second-order valence-corrected chi connectivity index (χ2v) is 4.94. The van der Waals surface area contributed by atoms with E-state index in [2.05, 4.69) is 12.2 Å². The van der Waals surface area contributed by atoms with Gasteiger partial charge in [0.25, 0.3) is 5.91 Å². The van der Waals surface area contributed by atoms with Gasteiger partial charge in [0.05, 0.1) is 0 Å². The SMILES string of the molecule is CCNc1ccc(C(=O)N(CC)c2ccccc2)c(C)c1. The molecule has 3 nitrogen and oxygen atoms in total. The summed E-state index contributed by atoms with van der Waals surface area (Å²) in [4.78, 5) is 14.6. The molecule has 0 saturated carbocycles. The van der Waals surface area contributed by atoms with Crippen LogP contribution in [0.4, 0.5) is 11.4 Å². The normalized spacial score (nSPS) is 10.2. The van der Waals surface area contributed by atoms with Crippen LogP contribution in [0.5, 0.6) is 0 Å². The predicted molar refractivity (Wildman–Crippen MR) is 89.1 cm³/mol. The molecule has 2 aromatic carbocycles. The quantitative estimate of drug-likeness (QED) is 0.895. The Balaban J connectivity index is 2.30. The standard InChI is InChI=1S/C18H22N2O/c1-4-19-15-11-12-17(14(3)13-15)18(21)20(5-2)16-9-7-6-8-10-16/h6-13,19H,4-5H2,1-3H3. The Hall–Kier alpha value is -2.29. The number of benzene rings is 2. The number of hydrogen-bond donors (Lipinski definition) is 1. The minimum atomic E-state index is 0.0456. The van der Waals surface area contributed by atoms with Crippen molar-refractivity contribution in [3.8, 4) is 0 Å². The summed E-state index contributed by atoms with van der Waals surface area (Å²) in [5.74, 6) is 0.0456. The van der Waals surface area contributed by atoms with Crippen LogP contribution in [0, 0.1) is 6.92 Å². The van der Waals surface area contributed by atoms with Crippen LogP contribution < -0.4 is 10.2 Å². The number of hydrogen-bond acceptors (Lipinski definition) is 2. The lowest BCUT2D eigenvalue weighted by Gasteiger charge is -2.22. The van der Waals surface area contributed by atoms with Crippen LogP contribution >= 0.6 is 0 Å². The summed E-state index contributed by atoms with van der Waals surface area (Å²) >= 11 is 0. The molecule has 0 fully saturated rings. The van der Waals surface area contributed by atoms with Gasteiger partial charge in [0.2, 0.25) is 0 Å². The number of carbonyl (C=O) groups is 1. The summed E-state index contributed by atoms with van der Waals surface area (Å²) in [6.07, 6.45) is 0. The average Bonchev–Trinajstić information content (AvgIpc) is 2.49. The molecule has 2 rings (SSSR count). The van der Waals surface area contributed by atoms with Crippen molar-refractivity contribution in [1.29, 1.82) is 0 Å². The van der Waals surface area contributed by atoms with Crippen LogP contribution in [0.1, 0.15) is 29.8 Å². The minimum Gasteiger partial charge on any atom is -0.385 e. The van der Waals surface area contributed by atoms with E-state index in [0.717, 1.165) is 29.0 Å². The van der Waals surface area contributed by atoms with Crippen LogP contribution in [-0.4, -0.2) is 19.0 Å². The van der Waals surface area contributed by atoms with E-state index in [1.165, 1.54) is 0 Å². The lowest BCUT2D eigenvalue weighted by molar-refractivity contribution is 0.0988. The van der Waals surface area contributed by atoms with Gasteiger partial charge in [-0.25, -0.2) is 0 Å². The van der Waals surface area contributed by atoms with Crippen molar-refractivity contribution in [2.24, 2.45) is 0 Å². The van der Waals surface area contributed by atoms with Crippen molar-refractivity contribution in [3.63, 3.8) is 0 Å². The highest BCUT2D eigenvalue weighted by molar-refractivity contribution is 6.07. The van der Waals surface area contributed by atoms with Gasteiger partial charge in [0.15, 0.2) is 0 Å². The van der Waals surface area contributed by atoms with Crippen LogP contribution in [0.25, 0.3) is 0 Å². The molecule has 1 N–H and O–H groups in total. The van der Waals surface area contributed by atoms with E-state index in [1.807, 2.05) is 62.4 Å². The van der Waals surface area contributed by atoms with Crippen LogP contribution in [0.2, 0.25) is 0 Å². The predicted octanol–water partition coefficient (Wildman–Crippen LogP) is 4.09. The molecule has 110 valence electrons. The molecule has 0 aliphatic heterocycles. The van der Waals surface area contributed by atoms with Gasteiger partial charge in [0.1, 0.15) is 0 Å². The maximum absolute atomic E-state index is 12.8. The maximum atomic E-state index is 12.8. The molecule has 3 heteroatoms. The molecular formula is C18H22N2O. The highest BCUT2D eigenvalue weighted by atomic mass is 16.2. The Kier molecular flexibility index (Phi) is 4.99. The zero-order valence-electron chi connectivity index (χ0n) is 12.9. The van der Waals surface area contributed by atoms with E-state index in [4.69, 9.17) is 0 Å². The molecule has 1 amide bonds. The molecule has 0 radical (unpaired) electrons. The number of aryl methyl sites for hydroxylation is 1. The van der Waals surface area contributed by atoms with E-state index in [1.54, 1.807) is 4.90 Å². The van der Waals surface area contributed by atoms with Crippen molar-refractivity contribution in [2.75, 3.05) is 23.3 Å². The number of nitrogens with one attached hydrogen (secondary N) is 1. The van der Waals surface area contributed by atoms with Crippen molar-refractivity contribution in [3.05, 3.63) is 59.7 Å². The number of nitrogens with zero attached hydrogens (tertiary/aromatic N) is 1. The third-order valence-corrected chi connectivity index (χ3v) is 3.47. The number of carbonyl (C=O) groups excluding carboxylic acids is 1. The molecule has 0 heterocycles. The fourth-order valence-corrected chi connectivity index (χ4v) is 2.41. The molecule has 0 atom stereocenters. The van der Waals surface area contributed by atoms with Gasteiger partial charge in [-0.1, -0.05) is 18.2 Å². The van der Waals surface area contributed by atoms with E-state index in [0.29, 0.717) is 6.54 Å². The average molecular weight is 282 g/mol. The summed E-state index contributed by atoms with van der Waals surface area (Å²) in [6, 6.07) is 15.7. The fraction of sp³-hybridized carbons (Fsp3) is 0.278. The highest BCUT2D eigenvalue weighted by Gasteiger charge is 2.17. The van der Waals surface area contributed by atoms with E-state index >= 15 is 0 Å². The van der Waals surface area contributed by atoms with E-state index in [-0.39, 0.29) is 5.91 Å². The summed E-state index contributed by atoms with van der Waals surface area (Å²) in [5, 5.41) is 3.26. The molecule has 0 bridgehead atoms. The monoisotopic (exact) mass is 282 g/mol. The largest absolute Gasteiger partial charge is 0.385 e. The van der Waals surface area contributed by atoms with Gasteiger partial charge in [-0.3, -0.25) is 4.79 Å². The molecule has 2 aromatic rings. The van der Waals surface area contributed by atoms with Gasteiger partial charge >= 0.3 is 0 Å². The summed E-state index contributed by atoms with van der Waals surface area (Å²) in [5.41, 5.74) is 3.73. The highest BCUT2D eigenvalue weighted by Crippen LogP contribution is 2.21. The molecule has 0 unspecified atom stereocenters. The van der Waals surface area contributed by atoms with Crippen molar-refractivity contribution >= 4 is 17.3 Å². The van der Waals surface area contributed by atoms with E-state index < -0.39 is 0 Å². The molecular weight excluding hydrogens is 260 g/mol. The maximum Gasteiger partial charge on any atom is 0.258 e. The zero-order valence-corrected chi connectivity index (χ0v) is 12.9. The molecule has 0 aliphatic carbocycles. The second kappa shape index (κ2) is 6.93. The van der Waals surface area contributed by atoms with Crippen LogP contribution in [0.15, 0.2) is 48.5 Å². The van der Waals surface area contributed by atoms with E-state index in [9.17, 15) is 4.79 Å². The zero-order chi connectivity index (χ0) is 15.2. The summed E-state index contributed by atoms with van der Waals surface area (Å²) in [7, 11) is 0. The number of amides is 1. The molecule has 21 heavy (non-hydrogen) atoms. The lowest BCUT2D eigenvalue weighted by Crippen LogP contribution is -2.31. The van der Waals surface area contributed by atoms with Crippen LogP contribution in [-0.2, 0) is 0 Å². The first-order valence-corrected chi connectivity index (χ1v) is 7.38. The minimum absolute atomic E-state index is 0.0456. The Morgan fingerprint density at radius 2 is 1.81 bits per heavy atom. The van der Waals surface area contributed by atoms with Gasteiger partial charge in [-0.05, 0) is 56.7 Å². The lowest BCUT2D eigenvalue weighted by atomic mass is 10.1. The molecule has 0 aromatic heterocycles. The smallest absolute Gasteiger partial charge is 0.258 e. The first-order valence-electron chi connectivity index (χ1n) is 7.38. The fourth-order valence-electron chi connectivity index (χ4n) is 2.41. The number of para-hydroxylation sites is 1. The molecule has 0 aliphatic rings. The van der Waals surface area contributed by atoms with Gasteiger partial charge < -0.3 is 10.2 Å². The summed E-state index contributed by atoms with van der Waals surface area (Å²) in [6.45, 7) is 7.55. The first-order chi connectivity index (χ1) is 10.2. The van der Waals surface area contributed by atoms with Gasteiger partial charge in [-0.2, -0.15) is 0 Å². The van der Waals surface area contributed by atoms with Gasteiger partial charge in [-0.15, -0.1) is 0 Å². The second-order valence-electron chi connectivity index (χ2n) is 4.94. The summed E-state index contributed by atoms with van der Waals surface area (Å²) < 4.78 is 0. The van der Waals surface area contributed by atoms with Crippen molar-refractivity contribution < 1.29 is 4.79 Å². The van der Waals surface area contributed by atoms with Crippen molar-refractivity contribution in [1.82, 2.24) is 0 Å². The molecule has 0 spiro atoms. The third kappa shape index (κ3) is 3.43. The third-order valence-electron chi connectivity index (χ3n) is 3.47. The first kappa shape index (κ1) is 15.1. The Morgan fingerprint density at radius 3 is 2.38 bits per heavy atom. The topological polar surface area (TPSA) is 32.3 Å². The van der Waals surface area contributed by atoms with Crippen molar-refractivity contribution in [2.45, 2.75) is 20.8 Å².